The van der Waals surface area contributed by atoms with Gasteiger partial charge in [-0.05, 0) is 19.8 Å². The van der Waals surface area contributed by atoms with Gasteiger partial charge in [-0.25, -0.2) is 4.98 Å². The Bertz CT molecular complexity index is 408. The number of hydrogen-bond donors (Lipinski definition) is 2. The molecular weight excluding hydrogens is 246 g/mol. The summed E-state index contributed by atoms with van der Waals surface area (Å²) in [6, 6.07) is 0. The third-order valence-electron chi connectivity index (χ3n) is 3.77. The molecule has 0 bridgehead atoms. The average molecular weight is 267 g/mol. The van der Waals surface area contributed by atoms with Crippen LogP contribution in [0.1, 0.15) is 43.4 Å². The van der Waals surface area contributed by atoms with Gasteiger partial charge in [-0.15, -0.1) is 11.3 Å². The molecule has 0 saturated heterocycles. The summed E-state index contributed by atoms with van der Waals surface area (Å²) in [6.45, 7) is 2.42. The number of hydrogen-bond acceptors (Lipinski definition) is 4. The lowest BCUT2D eigenvalue weighted by molar-refractivity contribution is -0.125. The summed E-state index contributed by atoms with van der Waals surface area (Å²) in [6.07, 6.45) is 8.21. The SMILES string of the molecule is Cc1cnc(NC(=O)C2(CN)CCCCCC2)s1. The molecule has 0 radical (unpaired) electrons. The molecule has 1 aliphatic rings. The molecule has 3 N–H and O–H groups in total. The van der Waals surface area contributed by atoms with Gasteiger partial charge in [-0.1, -0.05) is 25.7 Å². The van der Waals surface area contributed by atoms with Crippen LogP contribution in [0.15, 0.2) is 6.20 Å². The quantitative estimate of drug-likeness (QED) is 0.827. The molecule has 1 aliphatic carbocycles. The number of carbonyl (C=O) groups is 1. The van der Waals surface area contributed by atoms with Gasteiger partial charge in [0.25, 0.3) is 0 Å². The van der Waals surface area contributed by atoms with E-state index in [1.807, 2.05) is 6.92 Å². The van der Waals surface area contributed by atoms with E-state index in [9.17, 15) is 4.79 Å². The van der Waals surface area contributed by atoms with Crippen molar-refractivity contribution in [3.05, 3.63) is 11.1 Å². The first-order valence-electron chi connectivity index (χ1n) is 6.60. The lowest BCUT2D eigenvalue weighted by Crippen LogP contribution is -2.42. The van der Waals surface area contributed by atoms with E-state index in [1.165, 1.54) is 24.2 Å². The molecular formula is C13H21N3OS. The van der Waals surface area contributed by atoms with Crippen LogP contribution in [0.2, 0.25) is 0 Å². The van der Waals surface area contributed by atoms with Crippen molar-refractivity contribution in [3.63, 3.8) is 0 Å². The fourth-order valence-corrected chi connectivity index (χ4v) is 3.23. The molecule has 1 heterocycles. The zero-order valence-electron chi connectivity index (χ0n) is 10.9. The first-order chi connectivity index (χ1) is 8.66. The third-order valence-corrected chi connectivity index (χ3v) is 4.60. The van der Waals surface area contributed by atoms with E-state index in [0.717, 1.165) is 30.6 Å². The average Bonchev–Trinajstić information content (AvgIpc) is 2.65. The zero-order valence-corrected chi connectivity index (χ0v) is 11.7. The van der Waals surface area contributed by atoms with Crippen LogP contribution < -0.4 is 11.1 Å². The Labute approximate surface area is 112 Å². The summed E-state index contributed by atoms with van der Waals surface area (Å²) in [4.78, 5) is 17.7. The number of amides is 1. The number of rotatable bonds is 3. The van der Waals surface area contributed by atoms with Gasteiger partial charge in [-0.3, -0.25) is 4.79 Å². The van der Waals surface area contributed by atoms with Crippen molar-refractivity contribution in [3.8, 4) is 0 Å². The number of nitrogens with one attached hydrogen (secondary N) is 1. The number of aromatic nitrogens is 1. The van der Waals surface area contributed by atoms with Gasteiger partial charge in [0.05, 0.1) is 5.41 Å². The van der Waals surface area contributed by atoms with Gasteiger partial charge in [0.15, 0.2) is 5.13 Å². The summed E-state index contributed by atoms with van der Waals surface area (Å²) in [5.41, 5.74) is 5.51. The minimum atomic E-state index is -0.379. The maximum absolute atomic E-state index is 12.5. The zero-order chi connectivity index (χ0) is 13.0. The van der Waals surface area contributed by atoms with Crippen LogP contribution in [0.5, 0.6) is 0 Å². The van der Waals surface area contributed by atoms with Gasteiger partial charge in [0.2, 0.25) is 5.91 Å². The highest BCUT2D eigenvalue weighted by Gasteiger charge is 2.37. The minimum absolute atomic E-state index is 0.0567. The largest absolute Gasteiger partial charge is 0.329 e. The lowest BCUT2D eigenvalue weighted by Gasteiger charge is -2.29. The molecule has 1 saturated carbocycles. The number of nitrogens with zero attached hydrogens (tertiary/aromatic N) is 1. The first kappa shape index (κ1) is 13.5. The summed E-state index contributed by atoms with van der Waals surface area (Å²) in [5.74, 6) is 0.0567. The smallest absolute Gasteiger partial charge is 0.233 e. The number of carbonyl (C=O) groups excluding carboxylic acids is 1. The Kier molecular flexibility index (Phi) is 4.35. The van der Waals surface area contributed by atoms with Crippen LogP contribution in [-0.4, -0.2) is 17.4 Å². The second kappa shape index (κ2) is 5.80. The van der Waals surface area contributed by atoms with E-state index in [2.05, 4.69) is 10.3 Å². The fourth-order valence-electron chi connectivity index (χ4n) is 2.57. The Morgan fingerprint density at radius 2 is 2.11 bits per heavy atom. The summed E-state index contributed by atoms with van der Waals surface area (Å²) in [5, 5.41) is 3.63. The highest BCUT2D eigenvalue weighted by Crippen LogP contribution is 2.35. The van der Waals surface area contributed by atoms with E-state index in [1.54, 1.807) is 6.20 Å². The van der Waals surface area contributed by atoms with Crippen molar-refractivity contribution in [1.29, 1.82) is 0 Å². The molecule has 1 aromatic heterocycles. The molecule has 18 heavy (non-hydrogen) atoms. The summed E-state index contributed by atoms with van der Waals surface area (Å²) >= 11 is 1.51. The summed E-state index contributed by atoms with van der Waals surface area (Å²) < 4.78 is 0. The Morgan fingerprint density at radius 1 is 1.44 bits per heavy atom. The monoisotopic (exact) mass is 267 g/mol. The number of aryl methyl sites for hydroxylation is 1. The molecule has 0 atom stereocenters. The van der Waals surface area contributed by atoms with Crippen molar-refractivity contribution in [1.82, 2.24) is 4.98 Å². The minimum Gasteiger partial charge on any atom is -0.329 e. The van der Waals surface area contributed by atoms with Gasteiger partial charge in [-0.2, -0.15) is 0 Å². The number of thiazole rings is 1. The Balaban J connectivity index is 2.08. The maximum Gasteiger partial charge on any atom is 0.233 e. The highest BCUT2D eigenvalue weighted by molar-refractivity contribution is 7.15. The van der Waals surface area contributed by atoms with E-state index < -0.39 is 0 Å². The van der Waals surface area contributed by atoms with Gasteiger partial charge in [0, 0.05) is 17.6 Å². The van der Waals surface area contributed by atoms with Crippen molar-refractivity contribution < 1.29 is 4.79 Å². The first-order valence-corrected chi connectivity index (χ1v) is 7.42. The van der Waals surface area contributed by atoms with Crippen molar-refractivity contribution in [2.24, 2.45) is 11.1 Å². The van der Waals surface area contributed by atoms with Crippen LogP contribution >= 0.6 is 11.3 Å². The van der Waals surface area contributed by atoms with Gasteiger partial charge in [0.1, 0.15) is 0 Å². The van der Waals surface area contributed by atoms with Gasteiger partial charge < -0.3 is 11.1 Å². The molecule has 1 amide bonds. The lowest BCUT2D eigenvalue weighted by atomic mass is 9.79. The predicted molar refractivity (Wildman–Crippen MR) is 74.7 cm³/mol. The third kappa shape index (κ3) is 2.90. The van der Waals surface area contributed by atoms with Crippen LogP contribution in [0, 0.1) is 12.3 Å². The van der Waals surface area contributed by atoms with Gasteiger partial charge >= 0.3 is 0 Å². The van der Waals surface area contributed by atoms with Crippen molar-refractivity contribution in [2.75, 3.05) is 11.9 Å². The molecule has 0 spiro atoms. The van der Waals surface area contributed by atoms with E-state index in [4.69, 9.17) is 5.73 Å². The second-order valence-electron chi connectivity index (χ2n) is 5.13. The van der Waals surface area contributed by atoms with Crippen molar-refractivity contribution >= 4 is 22.4 Å². The Morgan fingerprint density at radius 3 is 2.61 bits per heavy atom. The molecule has 1 fully saturated rings. The molecule has 1 aromatic rings. The Hall–Kier alpha value is -0.940. The molecule has 2 rings (SSSR count). The number of nitrogens with two attached hydrogens (primary N) is 1. The molecule has 4 nitrogen and oxygen atoms in total. The van der Waals surface area contributed by atoms with Crippen LogP contribution in [0.3, 0.4) is 0 Å². The van der Waals surface area contributed by atoms with Crippen molar-refractivity contribution in [2.45, 2.75) is 45.4 Å². The summed E-state index contributed by atoms with van der Waals surface area (Å²) in [7, 11) is 0. The predicted octanol–water partition coefficient (Wildman–Crippen LogP) is 2.69. The second-order valence-corrected chi connectivity index (χ2v) is 6.36. The van der Waals surface area contributed by atoms with E-state index in [0.29, 0.717) is 11.7 Å². The standard InChI is InChI=1S/C13H21N3OS/c1-10-8-15-12(18-10)16-11(17)13(9-14)6-4-2-3-5-7-13/h8H,2-7,9,14H2,1H3,(H,15,16,17). The topological polar surface area (TPSA) is 68.0 Å². The highest BCUT2D eigenvalue weighted by atomic mass is 32.1. The van der Waals surface area contributed by atoms with E-state index >= 15 is 0 Å². The fraction of sp³-hybridized carbons (Fsp3) is 0.692. The molecule has 0 unspecified atom stereocenters. The van der Waals surface area contributed by atoms with Crippen LogP contribution in [-0.2, 0) is 4.79 Å². The van der Waals surface area contributed by atoms with E-state index in [-0.39, 0.29) is 11.3 Å². The van der Waals surface area contributed by atoms with Crippen LogP contribution in [0.4, 0.5) is 5.13 Å². The molecule has 100 valence electrons. The molecule has 0 aromatic carbocycles. The number of anilines is 1. The maximum atomic E-state index is 12.5. The van der Waals surface area contributed by atoms with Crippen LogP contribution in [0.25, 0.3) is 0 Å². The normalized spacial score (nSPS) is 19.2. The molecule has 0 aliphatic heterocycles. The molecule has 5 heteroatoms.